The van der Waals surface area contributed by atoms with Gasteiger partial charge in [0.05, 0.1) is 10.7 Å². The summed E-state index contributed by atoms with van der Waals surface area (Å²) in [7, 11) is 0. The van der Waals surface area contributed by atoms with Crippen LogP contribution in [0.5, 0.6) is 0 Å². The van der Waals surface area contributed by atoms with E-state index in [4.69, 9.17) is 17.3 Å². The first-order valence-corrected chi connectivity index (χ1v) is 6.60. The van der Waals surface area contributed by atoms with Crippen LogP contribution < -0.4 is 5.73 Å². The third kappa shape index (κ3) is 3.38. The van der Waals surface area contributed by atoms with Gasteiger partial charge in [-0.2, -0.15) is 0 Å². The van der Waals surface area contributed by atoms with Gasteiger partial charge in [0.1, 0.15) is 0 Å². The number of benzene rings is 1. The summed E-state index contributed by atoms with van der Waals surface area (Å²) in [6.45, 7) is 2.04. The van der Waals surface area contributed by atoms with Crippen molar-refractivity contribution in [2.45, 2.75) is 17.6 Å². The van der Waals surface area contributed by atoms with Gasteiger partial charge in [-0.3, -0.25) is 4.98 Å². The Balaban J connectivity index is 2.05. The zero-order chi connectivity index (χ0) is 12.3. The fourth-order valence-electron chi connectivity index (χ4n) is 1.46. The summed E-state index contributed by atoms with van der Waals surface area (Å²) in [5.74, 6) is 0.884. The number of rotatable bonds is 3. The van der Waals surface area contributed by atoms with E-state index in [0.29, 0.717) is 10.7 Å². The molecule has 0 aliphatic carbocycles. The van der Waals surface area contributed by atoms with Crippen molar-refractivity contribution in [1.29, 1.82) is 0 Å². The zero-order valence-corrected chi connectivity index (χ0v) is 11.1. The van der Waals surface area contributed by atoms with Crippen LogP contribution in [0.25, 0.3) is 0 Å². The summed E-state index contributed by atoms with van der Waals surface area (Å²) >= 11 is 7.70. The van der Waals surface area contributed by atoms with Crippen LogP contribution in [0.2, 0.25) is 5.02 Å². The van der Waals surface area contributed by atoms with Crippen LogP contribution in [0.4, 0.5) is 5.69 Å². The van der Waals surface area contributed by atoms with E-state index in [1.54, 1.807) is 11.8 Å². The molecule has 0 amide bonds. The number of aryl methyl sites for hydroxylation is 1. The smallest absolute Gasteiger partial charge is 0.0646 e. The van der Waals surface area contributed by atoms with Crippen molar-refractivity contribution in [3.8, 4) is 0 Å². The van der Waals surface area contributed by atoms with Gasteiger partial charge in [-0.15, -0.1) is 11.8 Å². The van der Waals surface area contributed by atoms with Gasteiger partial charge in [0, 0.05) is 23.0 Å². The van der Waals surface area contributed by atoms with Gasteiger partial charge in [-0.25, -0.2) is 0 Å². The molecule has 0 aliphatic heterocycles. The summed E-state index contributed by atoms with van der Waals surface area (Å²) in [5, 5.41) is 0.609. The lowest BCUT2D eigenvalue weighted by Gasteiger charge is -2.04. The van der Waals surface area contributed by atoms with E-state index in [9.17, 15) is 0 Å². The fourth-order valence-corrected chi connectivity index (χ4v) is 2.56. The van der Waals surface area contributed by atoms with E-state index < -0.39 is 0 Å². The van der Waals surface area contributed by atoms with Crippen molar-refractivity contribution in [3.63, 3.8) is 0 Å². The minimum Gasteiger partial charge on any atom is -0.398 e. The molecule has 0 spiro atoms. The maximum absolute atomic E-state index is 5.97. The Labute approximate surface area is 110 Å². The molecule has 2 nitrogen and oxygen atoms in total. The monoisotopic (exact) mass is 264 g/mol. The maximum Gasteiger partial charge on any atom is 0.0646 e. The van der Waals surface area contributed by atoms with Crippen molar-refractivity contribution in [2.75, 3.05) is 5.73 Å². The van der Waals surface area contributed by atoms with Crippen LogP contribution in [0.15, 0.2) is 41.6 Å². The number of nitrogen functional groups attached to an aromatic ring is 1. The second-order valence-corrected chi connectivity index (χ2v) is 5.30. The fraction of sp³-hybridized carbons (Fsp3) is 0.154. The average Bonchev–Trinajstić information content (AvgIpc) is 2.31. The first kappa shape index (κ1) is 12.3. The number of pyridine rings is 1. The average molecular weight is 265 g/mol. The molecule has 0 radical (unpaired) electrons. The van der Waals surface area contributed by atoms with Gasteiger partial charge in [-0.05, 0) is 36.2 Å². The van der Waals surface area contributed by atoms with E-state index in [0.717, 1.165) is 10.6 Å². The Hall–Kier alpha value is -1.19. The summed E-state index contributed by atoms with van der Waals surface area (Å²) in [6, 6.07) is 7.85. The van der Waals surface area contributed by atoms with Crippen LogP contribution in [0, 0.1) is 6.92 Å². The largest absolute Gasteiger partial charge is 0.398 e. The molecule has 0 fully saturated rings. The number of nitrogens with zero attached hydrogens (tertiary/aromatic N) is 1. The highest BCUT2D eigenvalue weighted by Gasteiger charge is 2.00. The van der Waals surface area contributed by atoms with Gasteiger partial charge >= 0.3 is 0 Å². The van der Waals surface area contributed by atoms with E-state index >= 15 is 0 Å². The minimum atomic E-state index is 0.609. The van der Waals surface area contributed by atoms with Gasteiger partial charge in [0.2, 0.25) is 0 Å². The molecule has 2 N–H and O–H groups in total. The Morgan fingerprint density at radius 3 is 2.82 bits per heavy atom. The van der Waals surface area contributed by atoms with Gasteiger partial charge < -0.3 is 5.73 Å². The van der Waals surface area contributed by atoms with Crippen LogP contribution in [0.1, 0.15) is 11.1 Å². The van der Waals surface area contributed by atoms with Crippen molar-refractivity contribution < 1.29 is 0 Å². The van der Waals surface area contributed by atoms with E-state index in [-0.39, 0.29) is 0 Å². The maximum atomic E-state index is 5.97. The summed E-state index contributed by atoms with van der Waals surface area (Å²) in [6.07, 6.45) is 3.74. The van der Waals surface area contributed by atoms with Crippen molar-refractivity contribution in [3.05, 3.63) is 52.8 Å². The lowest BCUT2D eigenvalue weighted by molar-refractivity contribution is 1.20. The molecule has 0 atom stereocenters. The number of aromatic nitrogens is 1. The highest BCUT2D eigenvalue weighted by molar-refractivity contribution is 7.98. The molecule has 1 heterocycles. The Kier molecular flexibility index (Phi) is 3.92. The highest BCUT2D eigenvalue weighted by atomic mass is 35.5. The third-order valence-corrected chi connectivity index (χ3v) is 3.70. The standard InChI is InChI=1S/C13H13ClN2S/c1-9-4-10(7-16-6-9)8-17-11-2-3-13(15)12(14)5-11/h2-7H,8,15H2,1H3. The molecule has 2 rings (SSSR count). The van der Waals surface area contributed by atoms with Crippen LogP contribution in [-0.2, 0) is 5.75 Å². The number of anilines is 1. The summed E-state index contributed by atoms with van der Waals surface area (Å²) < 4.78 is 0. The van der Waals surface area contributed by atoms with Gasteiger partial charge in [0.25, 0.3) is 0 Å². The first-order valence-electron chi connectivity index (χ1n) is 5.23. The topological polar surface area (TPSA) is 38.9 Å². The summed E-state index contributed by atoms with van der Waals surface area (Å²) in [5.41, 5.74) is 8.67. The van der Waals surface area contributed by atoms with Crippen molar-refractivity contribution in [2.24, 2.45) is 0 Å². The molecule has 1 aromatic heterocycles. The molecular formula is C13H13ClN2S. The summed E-state index contributed by atoms with van der Waals surface area (Å²) in [4.78, 5) is 5.29. The van der Waals surface area contributed by atoms with Gasteiger partial charge in [0.15, 0.2) is 0 Å². The number of thioether (sulfide) groups is 1. The highest BCUT2D eigenvalue weighted by Crippen LogP contribution is 2.28. The number of hydrogen-bond acceptors (Lipinski definition) is 3. The Morgan fingerprint density at radius 2 is 2.12 bits per heavy atom. The molecule has 0 saturated carbocycles. The SMILES string of the molecule is Cc1cncc(CSc2ccc(N)c(Cl)c2)c1. The molecule has 4 heteroatoms. The molecule has 0 saturated heterocycles. The minimum absolute atomic E-state index is 0.609. The molecule has 0 unspecified atom stereocenters. The van der Waals surface area contributed by atoms with Crippen LogP contribution in [-0.4, -0.2) is 4.98 Å². The molecule has 2 aromatic rings. The second kappa shape index (κ2) is 5.43. The molecular weight excluding hydrogens is 252 g/mol. The molecule has 0 aliphatic rings. The molecule has 17 heavy (non-hydrogen) atoms. The van der Waals surface area contributed by atoms with E-state index in [1.807, 2.05) is 37.5 Å². The lowest BCUT2D eigenvalue weighted by atomic mass is 10.2. The third-order valence-electron chi connectivity index (χ3n) is 2.31. The van der Waals surface area contributed by atoms with E-state index in [2.05, 4.69) is 11.1 Å². The first-order chi connectivity index (χ1) is 8.15. The molecule has 0 bridgehead atoms. The lowest BCUT2D eigenvalue weighted by Crippen LogP contribution is -1.87. The van der Waals surface area contributed by atoms with Gasteiger partial charge in [-0.1, -0.05) is 17.7 Å². The predicted octanol–water partition coefficient (Wildman–Crippen LogP) is 3.92. The zero-order valence-electron chi connectivity index (χ0n) is 9.48. The number of halogens is 1. The predicted molar refractivity (Wildman–Crippen MR) is 74.4 cm³/mol. The van der Waals surface area contributed by atoms with Crippen LogP contribution in [0.3, 0.4) is 0 Å². The Morgan fingerprint density at radius 1 is 1.29 bits per heavy atom. The Bertz CT molecular complexity index is 529. The van der Waals surface area contributed by atoms with Crippen LogP contribution >= 0.6 is 23.4 Å². The normalized spacial score (nSPS) is 10.5. The van der Waals surface area contributed by atoms with Crippen molar-refractivity contribution in [1.82, 2.24) is 4.98 Å². The molecule has 88 valence electrons. The van der Waals surface area contributed by atoms with Crippen molar-refractivity contribution >= 4 is 29.1 Å². The molecule has 1 aromatic carbocycles. The quantitative estimate of drug-likeness (QED) is 0.675. The second-order valence-electron chi connectivity index (χ2n) is 3.84. The number of hydrogen-bond donors (Lipinski definition) is 1. The van der Waals surface area contributed by atoms with E-state index in [1.165, 1.54) is 11.1 Å². The number of nitrogens with two attached hydrogens (primary N) is 1.